The fraction of sp³-hybridized carbons (Fsp3) is 0.250. The summed E-state index contributed by atoms with van der Waals surface area (Å²) in [4.78, 5) is 39.5. The van der Waals surface area contributed by atoms with Gasteiger partial charge in [0.25, 0.3) is 5.91 Å². The van der Waals surface area contributed by atoms with Crippen LogP contribution in [0.25, 0.3) is 0 Å². The molecule has 1 aliphatic rings. The van der Waals surface area contributed by atoms with Gasteiger partial charge in [0, 0.05) is 55.1 Å². The minimum atomic E-state index is -0.292. The van der Waals surface area contributed by atoms with E-state index in [-0.39, 0.29) is 12.3 Å². The fourth-order valence-corrected chi connectivity index (χ4v) is 4.47. The summed E-state index contributed by atoms with van der Waals surface area (Å²) in [6, 6.07) is 14.7. The summed E-state index contributed by atoms with van der Waals surface area (Å²) in [5.74, 6) is 0.311. The van der Waals surface area contributed by atoms with E-state index in [9.17, 15) is 9.59 Å². The van der Waals surface area contributed by atoms with Crippen molar-refractivity contribution >= 4 is 35.8 Å². The minimum Gasteiger partial charge on any atom is -0.338 e. The lowest BCUT2D eigenvalue weighted by molar-refractivity contribution is -0.107. The van der Waals surface area contributed by atoms with Gasteiger partial charge in [-0.15, -0.1) is 0 Å². The Balaban J connectivity index is 1.32. The zero-order valence-electron chi connectivity index (χ0n) is 18.6. The van der Waals surface area contributed by atoms with Crippen LogP contribution in [0, 0.1) is 18.3 Å². The molecule has 1 N–H and O–H groups in total. The number of piperazine rings is 1. The summed E-state index contributed by atoms with van der Waals surface area (Å²) in [6.45, 7) is 5.05. The number of hydrogen-bond acceptors (Lipinski definition) is 9. The van der Waals surface area contributed by atoms with Gasteiger partial charge in [-0.2, -0.15) is 5.26 Å². The molecule has 34 heavy (non-hydrogen) atoms. The second kappa shape index (κ2) is 10.9. The van der Waals surface area contributed by atoms with Crippen molar-refractivity contribution in [3.63, 3.8) is 0 Å². The Labute approximate surface area is 202 Å². The first kappa shape index (κ1) is 23.4. The van der Waals surface area contributed by atoms with Crippen LogP contribution in [0.2, 0.25) is 0 Å². The van der Waals surface area contributed by atoms with Crippen molar-refractivity contribution in [3.8, 4) is 6.07 Å². The van der Waals surface area contributed by atoms with Crippen molar-refractivity contribution in [3.05, 3.63) is 71.3 Å². The number of aldehydes is 1. The topological polar surface area (TPSA) is 115 Å². The van der Waals surface area contributed by atoms with Crippen molar-refractivity contribution in [2.45, 2.75) is 18.2 Å². The Bertz CT molecular complexity index is 1220. The number of anilines is 2. The maximum absolute atomic E-state index is 12.6. The van der Waals surface area contributed by atoms with Gasteiger partial charge in [0.05, 0.1) is 11.3 Å². The number of rotatable bonds is 7. The number of aromatic nitrogens is 3. The van der Waals surface area contributed by atoms with Crippen LogP contribution in [0.3, 0.4) is 0 Å². The average molecular weight is 474 g/mol. The lowest BCUT2D eigenvalue weighted by Gasteiger charge is -2.33. The Morgan fingerprint density at radius 1 is 1.18 bits per heavy atom. The van der Waals surface area contributed by atoms with Gasteiger partial charge in [0.2, 0.25) is 5.95 Å². The maximum Gasteiger partial charge on any atom is 0.257 e. The highest BCUT2D eigenvalue weighted by Gasteiger charge is 2.20. The van der Waals surface area contributed by atoms with Gasteiger partial charge in [-0.25, -0.2) is 14.3 Å². The molecule has 4 rings (SSSR count). The van der Waals surface area contributed by atoms with Gasteiger partial charge in [-0.05, 0) is 61.3 Å². The SMILES string of the molecule is Cc1cc(C#N)nc(N2CCN(Sc3ccc(NC(=O)c4cccnc4CC=O)cc3)CC2)n1. The molecule has 3 aromatic rings. The molecule has 1 amide bonds. The lowest BCUT2D eigenvalue weighted by atomic mass is 10.1. The highest BCUT2D eigenvalue weighted by molar-refractivity contribution is 7.97. The summed E-state index contributed by atoms with van der Waals surface area (Å²) in [7, 11) is 0. The molecule has 0 unspecified atom stereocenters. The Morgan fingerprint density at radius 3 is 2.65 bits per heavy atom. The highest BCUT2D eigenvalue weighted by Crippen LogP contribution is 2.26. The zero-order valence-corrected chi connectivity index (χ0v) is 19.5. The minimum absolute atomic E-state index is 0.0991. The first-order valence-electron chi connectivity index (χ1n) is 10.8. The van der Waals surface area contributed by atoms with Crippen LogP contribution < -0.4 is 10.2 Å². The maximum atomic E-state index is 12.6. The van der Waals surface area contributed by atoms with Gasteiger partial charge in [0.15, 0.2) is 0 Å². The van der Waals surface area contributed by atoms with E-state index < -0.39 is 0 Å². The van der Waals surface area contributed by atoms with E-state index in [1.165, 1.54) is 0 Å². The Hall–Kier alpha value is -3.81. The van der Waals surface area contributed by atoms with Crippen molar-refractivity contribution in [2.75, 3.05) is 36.4 Å². The second-order valence-corrected chi connectivity index (χ2v) is 8.83. The standard InChI is InChI=1S/C24H23N7O2S/c1-17-15-19(16-25)29-24(27-17)30-10-12-31(13-11-30)34-20-6-4-18(5-7-20)28-23(33)21-3-2-9-26-22(21)8-14-32/h2-7,9,14-15H,8,10-13H2,1H3,(H,28,33). The van der Waals surface area contributed by atoms with Crippen molar-refractivity contribution in [1.82, 2.24) is 19.3 Å². The molecule has 1 aliphatic heterocycles. The molecule has 0 radical (unpaired) electrons. The summed E-state index contributed by atoms with van der Waals surface area (Å²) >= 11 is 1.66. The normalized spacial score (nSPS) is 13.8. The number of carbonyl (C=O) groups excluding carboxylic acids is 2. The number of pyridine rings is 1. The molecule has 1 fully saturated rings. The molecule has 0 bridgehead atoms. The number of nitrogens with one attached hydrogen (secondary N) is 1. The van der Waals surface area contributed by atoms with Crippen LogP contribution in [0.1, 0.15) is 27.4 Å². The van der Waals surface area contributed by atoms with Gasteiger partial charge in [-0.1, -0.05) is 0 Å². The summed E-state index contributed by atoms with van der Waals surface area (Å²) < 4.78 is 2.27. The molecule has 0 saturated carbocycles. The Kier molecular flexibility index (Phi) is 7.47. The molecular weight excluding hydrogens is 450 g/mol. The summed E-state index contributed by atoms with van der Waals surface area (Å²) in [5.41, 5.74) is 2.70. The number of aryl methyl sites for hydroxylation is 1. The molecule has 0 spiro atoms. The molecule has 10 heteroatoms. The molecule has 3 heterocycles. The van der Waals surface area contributed by atoms with Gasteiger partial charge < -0.3 is 15.0 Å². The quantitative estimate of drug-likeness (QED) is 0.408. The Morgan fingerprint density at radius 2 is 1.94 bits per heavy atom. The summed E-state index contributed by atoms with van der Waals surface area (Å²) in [6.07, 6.45) is 2.41. The largest absolute Gasteiger partial charge is 0.338 e. The van der Waals surface area contributed by atoms with E-state index in [1.54, 1.807) is 36.3 Å². The van der Waals surface area contributed by atoms with Gasteiger partial charge >= 0.3 is 0 Å². The fourth-order valence-electron chi connectivity index (χ4n) is 3.56. The van der Waals surface area contributed by atoms with Gasteiger partial charge in [-0.3, -0.25) is 9.78 Å². The molecule has 172 valence electrons. The second-order valence-electron chi connectivity index (χ2n) is 7.66. The monoisotopic (exact) mass is 473 g/mol. The number of carbonyl (C=O) groups is 2. The van der Waals surface area contributed by atoms with Crippen LogP contribution in [0.15, 0.2) is 53.6 Å². The molecule has 2 aromatic heterocycles. The molecule has 0 aliphatic carbocycles. The first-order valence-corrected chi connectivity index (χ1v) is 11.6. The van der Waals surface area contributed by atoms with Crippen molar-refractivity contribution < 1.29 is 9.59 Å². The van der Waals surface area contributed by atoms with Gasteiger partial charge in [0.1, 0.15) is 18.0 Å². The number of nitrogens with zero attached hydrogens (tertiary/aromatic N) is 6. The van der Waals surface area contributed by atoms with E-state index in [2.05, 4.69) is 35.5 Å². The van der Waals surface area contributed by atoms with Crippen LogP contribution in [0.4, 0.5) is 11.6 Å². The number of nitriles is 1. The number of amides is 1. The zero-order chi connectivity index (χ0) is 23.9. The van der Waals surface area contributed by atoms with E-state index in [0.29, 0.717) is 28.6 Å². The highest BCUT2D eigenvalue weighted by atomic mass is 32.2. The van der Waals surface area contributed by atoms with E-state index >= 15 is 0 Å². The molecule has 1 saturated heterocycles. The third-order valence-corrected chi connectivity index (χ3v) is 6.34. The molecule has 0 atom stereocenters. The predicted molar refractivity (Wildman–Crippen MR) is 130 cm³/mol. The van der Waals surface area contributed by atoms with E-state index in [1.807, 2.05) is 31.2 Å². The lowest BCUT2D eigenvalue weighted by Crippen LogP contribution is -2.44. The average Bonchev–Trinajstić information content (AvgIpc) is 2.86. The predicted octanol–water partition coefficient (Wildman–Crippen LogP) is 2.87. The third-order valence-electron chi connectivity index (χ3n) is 5.24. The van der Waals surface area contributed by atoms with Crippen LogP contribution >= 0.6 is 11.9 Å². The smallest absolute Gasteiger partial charge is 0.257 e. The molecule has 9 nitrogen and oxygen atoms in total. The van der Waals surface area contributed by atoms with E-state index in [0.717, 1.165) is 43.1 Å². The third kappa shape index (κ3) is 5.75. The first-order chi connectivity index (χ1) is 16.6. The number of hydrogen-bond donors (Lipinski definition) is 1. The van der Waals surface area contributed by atoms with E-state index in [4.69, 9.17) is 5.26 Å². The molecule has 1 aromatic carbocycles. The molecular formula is C24H23N7O2S. The summed E-state index contributed by atoms with van der Waals surface area (Å²) in [5, 5.41) is 12.0. The van der Waals surface area contributed by atoms with Crippen molar-refractivity contribution in [2.24, 2.45) is 0 Å². The van der Waals surface area contributed by atoms with Crippen LogP contribution in [-0.4, -0.2) is 57.6 Å². The number of benzene rings is 1. The van der Waals surface area contributed by atoms with Crippen LogP contribution in [-0.2, 0) is 11.2 Å². The van der Waals surface area contributed by atoms with Crippen molar-refractivity contribution in [1.29, 1.82) is 5.26 Å². The van der Waals surface area contributed by atoms with Crippen LogP contribution in [0.5, 0.6) is 0 Å².